The van der Waals surface area contributed by atoms with Crippen LogP contribution in [0.3, 0.4) is 0 Å². The fourth-order valence-electron chi connectivity index (χ4n) is 2.53. The molecule has 1 N–H and O–H groups in total. The summed E-state index contributed by atoms with van der Waals surface area (Å²) in [6.45, 7) is 0.501. The highest BCUT2D eigenvalue weighted by atomic mass is 35.5. The molecule has 104 valence electrons. The molecule has 1 aromatic heterocycles. The van der Waals surface area contributed by atoms with Gasteiger partial charge in [-0.05, 0) is 12.5 Å². The lowest BCUT2D eigenvalue weighted by Gasteiger charge is -2.30. The van der Waals surface area contributed by atoms with E-state index >= 15 is 0 Å². The van der Waals surface area contributed by atoms with Gasteiger partial charge in [-0.1, -0.05) is 11.6 Å². The van der Waals surface area contributed by atoms with Gasteiger partial charge in [0.25, 0.3) is 0 Å². The van der Waals surface area contributed by atoms with Crippen LogP contribution in [0.4, 0.5) is 4.39 Å². The van der Waals surface area contributed by atoms with E-state index in [4.69, 9.17) is 16.7 Å². The first-order valence-corrected chi connectivity index (χ1v) is 6.30. The summed E-state index contributed by atoms with van der Waals surface area (Å²) in [6.07, 6.45) is 1.63. The lowest BCUT2D eigenvalue weighted by Crippen LogP contribution is -2.38. The smallest absolute Gasteiger partial charge is 0.341 e. The number of hydrogen-bond acceptors (Lipinski definition) is 3. The predicted octanol–water partition coefficient (Wildman–Crippen LogP) is 1.62. The van der Waals surface area contributed by atoms with E-state index in [-0.39, 0.29) is 16.0 Å². The van der Waals surface area contributed by atoms with Gasteiger partial charge in [0.15, 0.2) is 0 Å². The maximum Gasteiger partial charge on any atom is 0.341 e. The number of nitrogens with zero attached hydrogens (tertiary/aromatic N) is 2. The maximum absolute atomic E-state index is 14.1. The van der Waals surface area contributed by atoms with Crippen molar-refractivity contribution >= 4 is 28.5 Å². The summed E-state index contributed by atoms with van der Waals surface area (Å²) in [5, 5.41) is 10.8. The van der Waals surface area contributed by atoms with E-state index in [0.717, 1.165) is 0 Å². The Morgan fingerprint density at radius 1 is 1.50 bits per heavy atom. The molecule has 1 aromatic carbocycles. The molecule has 3 rings (SSSR count). The van der Waals surface area contributed by atoms with Gasteiger partial charge in [0.05, 0.1) is 15.9 Å². The molecule has 0 radical (unpaired) electrons. The Morgan fingerprint density at radius 2 is 2.20 bits per heavy atom. The quantitative estimate of drug-likeness (QED) is 0.868. The van der Waals surface area contributed by atoms with Crippen molar-refractivity contribution in [3.63, 3.8) is 0 Å². The zero-order valence-electron chi connectivity index (χ0n) is 10.5. The molecule has 0 bridgehead atoms. The maximum atomic E-state index is 14.1. The second kappa shape index (κ2) is 4.21. The van der Waals surface area contributed by atoms with Crippen molar-refractivity contribution in [2.75, 3.05) is 18.6 Å². The molecular formula is C13H10ClFN2O3. The Balaban J connectivity index is 2.57. The number of aromatic carboxylic acids is 1. The molecule has 7 heteroatoms. The first kappa shape index (κ1) is 12.9. The van der Waals surface area contributed by atoms with Gasteiger partial charge in [-0.2, -0.15) is 0 Å². The molecule has 1 aliphatic rings. The molecule has 20 heavy (non-hydrogen) atoms. The number of pyridine rings is 1. The monoisotopic (exact) mass is 296 g/mol. The second-order valence-electron chi connectivity index (χ2n) is 4.70. The van der Waals surface area contributed by atoms with Crippen LogP contribution in [0.2, 0.25) is 5.02 Å². The highest BCUT2D eigenvalue weighted by Crippen LogP contribution is 2.29. The average molecular weight is 297 g/mol. The van der Waals surface area contributed by atoms with E-state index in [2.05, 4.69) is 0 Å². The minimum Gasteiger partial charge on any atom is -0.477 e. The molecule has 0 atom stereocenters. The minimum absolute atomic E-state index is 0.123. The number of likely N-dealkylation sites (N-methyl/N-ethyl adjacent to an activating group) is 1. The summed E-state index contributed by atoms with van der Waals surface area (Å²) in [6, 6.07) is 1.19. The fourth-order valence-corrected chi connectivity index (χ4v) is 2.75. The third-order valence-electron chi connectivity index (χ3n) is 3.54. The number of rotatable bonds is 1. The van der Waals surface area contributed by atoms with Crippen molar-refractivity contribution in [1.82, 2.24) is 4.68 Å². The van der Waals surface area contributed by atoms with Gasteiger partial charge in [0.1, 0.15) is 11.4 Å². The van der Waals surface area contributed by atoms with E-state index in [1.54, 1.807) is 12.1 Å². The molecule has 0 fully saturated rings. The number of aromatic nitrogens is 1. The molecule has 0 aliphatic carbocycles. The summed E-state index contributed by atoms with van der Waals surface area (Å²) >= 11 is 5.80. The Hall–Kier alpha value is -2.08. The summed E-state index contributed by atoms with van der Waals surface area (Å²) < 4.78 is 15.6. The SMILES string of the molecule is CN1CCc2c(F)c(Cl)cc3c(=O)c(C(=O)O)cn1c23. The summed E-state index contributed by atoms with van der Waals surface area (Å²) in [7, 11) is 1.74. The number of hydrogen-bond donors (Lipinski definition) is 1. The third kappa shape index (κ3) is 1.61. The highest BCUT2D eigenvalue weighted by Gasteiger charge is 2.25. The largest absolute Gasteiger partial charge is 0.477 e. The van der Waals surface area contributed by atoms with Gasteiger partial charge in [-0.25, -0.2) is 9.18 Å². The highest BCUT2D eigenvalue weighted by molar-refractivity contribution is 6.31. The first-order valence-electron chi connectivity index (χ1n) is 5.92. The molecule has 0 spiro atoms. The summed E-state index contributed by atoms with van der Waals surface area (Å²) in [5.41, 5.74) is -0.280. The van der Waals surface area contributed by atoms with Crippen LogP contribution < -0.4 is 10.4 Å². The number of halogens is 2. The lowest BCUT2D eigenvalue weighted by molar-refractivity contribution is 0.0695. The molecule has 0 saturated heterocycles. The topological polar surface area (TPSA) is 62.5 Å². The minimum atomic E-state index is -1.32. The lowest BCUT2D eigenvalue weighted by atomic mass is 10.0. The van der Waals surface area contributed by atoms with Crippen LogP contribution in [0.5, 0.6) is 0 Å². The molecule has 0 unspecified atom stereocenters. The Bertz CT molecular complexity index is 816. The molecule has 0 saturated carbocycles. The Morgan fingerprint density at radius 3 is 2.85 bits per heavy atom. The molecule has 2 aromatic rings. The van der Waals surface area contributed by atoms with Crippen LogP contribution in [-0.2, 0) is 6.42 Å². The van der Waals surface area contributed by atoms with E-state index in [0.29, 0.717) is 24.0 Å². The number of carboxylic acid groups (broad SMARTS) is 1. The van der Waals surface area contributed by atoms with Crippen molar-refractivity contribution < 1.29 is 14.3 Å². The Labute approximate surface area is 117 Å². The van der Waals surface area contributed by atoms with Crippen LogP contribution in [0.15, 0.2) is 17.1 Å². The normalized spacial score (nSPS) is 13.8. The molecular weight excluding hydrogens is 287 g/mol. The molecule has 0 amide bonds. The first-order chi connectivity index (χ1) is 9.41. The fraction of sp³-hybridized carbons (Fsp3) is 0.231. The summed E-state index contributed by atoms with van der Waals surface area (Å²) in [5.74, 6) is -1.87. The van der Waals surface area contributed by atoms with Crippen LogP contribution in [0.25, 0.3) is 10.9 Å². The molecule has 2 heterocycles. The van der Waals surface area contributed by atoms with Gasteiger partial charge in [0.2, 0.25) is 5.43 Å². The number of carbonyl (C=O) groups is 1. The van der Waals surface area contributed by atoms with Gasteiger partial charge >= 0.3 is 5.97 Å². The van der Waals surface area contributed by atoms with Gasteiger partial charge < -0.3 is 10.1 Å². The number of benzene rings is 1. The van der Waals surface area contributed by atoms with E-state index in [1.165, 1.54) is 16.9 Å². The van der Waals surface area contributed by atoms with Gasteiger partial charge in [0, 0.05) is 25.4 Å². The van der Waals surface area contributed by atoms with Gasteiger partial charge in [-0.3, -0.25) is 9.47 Å². The molecule has 1 aliphatic heterocycles. The summed E-state index contributed by atoms with van der Waals surface area (Å²) in [4.78, 5) is 23.3. The standard InChI is InChI=1S/C13H10ClFN2O3/c1-16-3-2-6-10(15)9(14)4-7-11(6)17(16)5-8(12(7)18)13(19)20/h4-5H,2-3H2,1H3,(H,19,20). The zero-order chi connectivity index (χ0) is 14.6. The van der Waals surface area contributed by atoms with Gasteiger partial charge in [-0.15, -0.1) is 0 Å². The predicted molar refractivity (Wildman–Crippen MR) is 72.8 cm³/mol. The Kier molecular flexibility index (Phi) is 2.72. The average Bonchev–Trinajstić information content (AvgIpc) is 2.39. The molecule has 5 nitrogen and oxygen atoms in total. The number of carboxylic acids is 1. The third-order valence-corrected chi connectivity index (χ3v) is 3.82. The van der Waals surface area contributed by atoms with E-state index < -0.39 is 17.2 Å². The van der Waals surface area contributed by atoms with Crippen LogP contribution in [-0.4, -0.2) is 29.3 Å². The zero-order valence-corrected chi connectivity index (χ0v) is 11.2. The van der Waals surface area contributed by atoms with E-state index in [9.17, 15) is 14.0 Å². The van der Waals surface area contributed by atoms with Crippen molar-refractivity contribution in [2.24, 2.45) is 0 Å². The van der Waals surface area contributed by atoms with Crippen molar-refractivity contribution in [3.05, 3.63) is 44.5 Å². The van der Waals surface area contributed by atoms with Crippen molar-refractivity contribution in [3.8, 4) is 0 Å². The van der Waals surface area contributed by atoms with Crippen molar-refractivity contribution in [1.29, 1.82) is 0 Å². The van der Waals surface area contributed by atoms with Crippen LogP contribution in [0, 0.1) is 5.82 Å². The van der Waals surface area contributed by atoms with Crippen molar-refractivity contribution in [2.45, 2.75) is 6.42 Å². The van der Waals surface area contributed by atoms with Crippen LogP contribution >= 0.6 is 11.6 Å². The second-order valence-corrected chi connectivity index (χ2v) is 5.11. The van der Waals surface area contributed by atoms with Crippen LogP contribution in [0.1, 0.15) is 15.9 Å². The van der Waals surface area contributed by atoms with E-state index in [1.807, 2.05) is 0 Å².